The van der Waals surface area contributed by atoms with Gasteiger partial charge in [-0.05, 0) is 196 Å². The quantitative estimate of drug-likeness (QED) is 0.146. The Bertz CT molecular complexity index is 4750. The highest BCUT2D eigenvalue weighted by Gasteiger charge is 2.22. The topological polar surface area (TPSA) is 237 Å². The average Bonchev–Trinajstić information content (AvgIpc) is 4.27. The van der Waals surface area contributed by atoms with Crippen LogP contribution < -0.4 is 0 Å². The molecule has 12 nitrogen and oxygen atoms in total. The fourth-order valence-electron chi connectivity index (χ4n) is 10.7. The van der Waals surface area contributed by atoms with Crippen molar-refractivity contribution in [2.45, 2.75) is 0 Å². The third-order valence-corrected chi connectivity index (χ3v) is 14.3. The van der Waals surface area contributed by atoms with Crippen LogP contribution in [0.4, 0.5) is 0 Å². The lowest BCUT2D eigenvalue weighted by Gasteiger charge is -2.16. The maximum Gasteiger partial charge on any atom is 0.0992 e. The number of pyridine rings is 1. The summed E-state index contributed by atoms with van der Waals surface area (Å²) < 4.78 is 4.24. The maximum absolute atomic E-state index is 10.4. The Labute approximate surface area is 456 Å². The van der Waals surface area contributed by atoms with Gasteiger partial charge in [0.25, 0.3) is 0 Å². The van der Waals surface area contributed by atoms with E-state index in [1.165, 1.54) is 0 Å². The van der Waals surface area contributed by atoms with E-state index in [9.17, 15) is 47.4 Å². The number of benzene rings is 9. The Morgan fingerprint density at radius 1 is 0.263 bits per heavy atom. The Morgan fingerprint density at radius 3 is 0.887 bits per heavy atom. The van der Waals surface area contributed by atoms with E-state index < -0.39 is 0 Å². The highest BCUT2D eigenvalue weighted by molar-refractivity contribution is 6.13. The molecule has 0 N–H and O–H groups in total. The van der Waals surface area contributed by atoms with Crippen LogP contribution in [0.5, 0.6) is 0 Å². The second-order valence-electron chi connectivity index (χ2n) is 18.9. The predicted molar refractivity (Wildman–Crippen MR) is 303 cm³/mol. The summed E-state index contributed by atoms with van der Waals surface area (Å²) in [5.41, 5.74) is 14.9. The minimum Gasteiger partial charge on any atom is -0.309 e. The Balaban J connectivity index is 1.08. The summed E-state index contributed by atoms with van der Waals surface area (Å²) in [6, 6.07) is 73.1. The van der Waals surface area contributed by atoms with E-state index in [1.54, 1.807) is 85.1 Å². The molecule has 0 fully saturated rings. The largest absolute Gasteiger partial charge is 0.309 e. The Hall–Kier alpha value is -12.9. The fourth-order valence-corrected chi connectivity index (χ4v) is 10.7. The third-order valence-electron chi connectivity index (χ3n) is 14.3. The number of nitrogens with zero attached hydrogens (tertiary/aromatic N) is 12. The molecule has 12 aromatic rings. The van der Waals surface area contributed by atoms with Crippen molar-refractivity contribution in [3.8, 4) is 122 Å². The van der Waals surface area contributed by atoms with Crippen molar-refractivity contribution in [2.24, 2.45) is 0 Å². The van der Waals surface area contributed by atoms with Gasteiger partial charge in [-0.2, -0.15) is 47.4 Å². The lowest BCUT2D eigenvalue weighted by molar-refractivity contribution is 1.14. The van der Waals surface area contributed by atoms with Gasteiger partial charge in [-0.15, -0.1) is 0 Å². The summed E-state index contributed by atoms with van der Waals surface area (Å²) in [7, 11) is 0. The first kappa shape index (κ1) is 48.1. The van der Waals surface area contributed by atoms with Gasteiger partial charge in [-0.3, -0.25) is 4.98 Å². The van der Waals surface area contributed by atoms with Gasteiger partial charge in [-0.1, -0.05) is 24.3 Å². The van der Waals surface area contributed by atoms with Crippen molar-refractivity contribution in [3.05, 3.63) is 232 Å². The van der Waals surface area contributed by atoms with Crippen molar-refractivity contribution in [2.75, 3.05) is 0 Å². The highest BCUT2D eigenvalue weighted by atomic mass is 15.0. The Morgan fingerprint density at radius 2 is 0.575 bits per heavy atom. The van der Waals surface area contributed by atoms with Gasteiger partial charge >= 0.3 is 0 Å². The molecule has 3 heterocycles. The maximum atomic E-state index is 10.4. The normalized spacial score (nSPS) is 10.6. The lowest BCUT2D eigenvalue weighted by Crippen LogP contribution is -2.01. The first-order valence-corrected chi connectivity index (χ1v) is 24.7. The van der Waals surface area contributed by atoms with Gasteiger partial charge in [0.15, 0.2) is 0 Å². The van der Waals surface area contributed by atoms with Crippen LogP contribution in [-0.4, -0.2) is 14.1 Å². The zero-order valence-corrected chi connectivity index (χ0v) is 41.7. The summed E-state index contributed by atoms with van der Waals surface area (Å²) in [5.74, 6) is 0. The van der Waals surface area contributed by atoms with E-state index in [-0.39, 0.29) is 0 Å². The van der Waals surface area contributed by atoms with Crippen molar-refractivity contribution >= 4 is 43.6 Å². The molecule has 12 rings (SSSR count). The van der Waals surface area contributed by atoms with Crippen molar-refractivity contribution in [1.29, 1.82) is 47.4 Å². The fraction of sp³-hybridized carbons (Fsp3) is 0. The third kappa shape index (κ3) is 8.26. The molecule has 0 aliphatic rings. The Kier molecular flexibility index (Phi) is 11.7. The van der Waals surface area contributed by atoms with Crippen LogP contribution in [0.3, 0.4) is 0 Å². The molecule has 3 aromatic heterocycles. The summed E-state index contributed by atoms with van der Waals surface area (Å²) in [5, 5.41) is 92.9. The zero-order chi connectivity index (χ0) is 55.2. The lowest BCUT2D eigenvalue weighted by atomic mass is 9.97. The number of fused-ring (bicyclic) bond motifs is 6. The molecule has 9 aromatic carbocycles. The molecule has 0 spiro atoms. The van der Waals surface area contributed by atoms with Crippen molar-refractivity contribution in [3.63, 3.8) is 0 Å². The molecule has 0 aliphatic heterocycles. The van der Waals surface area contributed by atoms with Crippen LogP contribution in [0.2, 0.25) is 0 Å². The molecule has 0 saturated carbocycles. The smallest absolute Gasteiger partial charge is 0.0992 e. The first-order valence-electron chi connectivity index (χ1n) is 24.7. The molecule has 362 valence electrons. The zero-order valence-electron chi connectivity index (χ0n) is 41.7. The second-order valence-corrected chi connectivity index (χ2v) is 18.9. The first-order chi connectivity index (χ1) is 39.1. The van der Waals surface area contributed by atoms with Gasteiger partial charge in [0.2, 0.25) is 0 Å². The molecule has 0 bridgehead atoms. The number of hydrogen-bond donors (Lipinski definition) is 0. The molecule has 0 unspecified atom stereocenters. The SMILES string of the molecule is N#Cc1cc(C#N)cc(-c2ccc3c(c2)c2cc(-c4cc(C#N)cc(C#N)c4)ccc2n3-c2ccnc(-c3cc(C#N)ccc3-n3c4ccc(-c5cc(C#N)cc(C#N)c5)cc4c4cc(-c5cc(C#N)cc(C#N)c5)ccc43)c2)c1. The summed E-state index contributed by atoms with van der Waals surface area (Å²) in [6.45, 7) is 0. The highest BCUT2D eigenvalue weighted by Crippen LogP contribution is 2.42. The minimum absolute atomic E-state index is 0.344. The molecule has 0 atom stereocenters. The van der Waals surface area contributed by atoms with Crippen molar-refractivity contribution in [1.82, 2.24) is 14.1 Å². The van der Waals surface area contributed by atoms with Crippen molar-refractivity contribution < 1.29 is 0 Å². The standard InChI is InChI=1S/C68H30N12/c69-31-40-1-6-68(80-66-9-4-51(55-21-45(36-74)15-46(22-55)37-75)28-60(66)61-29-52(5-10-67(61)80)56-23-47(38-76)16-48(24-56)39-77)62(25-40)63-30-57(11-12-78-63)79-64-7-2-49(53-17-41(32-70)13-42(18-53)33-71)26-58(64)59-27-50(3-8-65(59)79)54-19-43(34-72)14-44(20-54)35-73/h1-30H. The molecular formula is C68H30N12. The van der Waals surface area contributed by atoms with Gasteiger partial charge < -0.3 is 9.13 Å². The molecule has 12 heteroatoms. The summed E-state index contributed by atoms with van der Waals surface area (Å²) in [6.07, 6.45) is 1.72. The number of aromatic nitrogens is 3. The van der Waals surface area contributed by atoms with Gasteiger partial charge in [0.1, 0.15) is 0 Å². The van der Waals surface area contributed by atoms with Crippen LogP contribution in [0.1, 0.15) is 50.1 Å². The molecule has 0 aliphatic carbocycles. The van der Waals surface area contributed by atoms with E-state index >= 15 is 0 Å². The van der Waals surface area contributed by atoms with Crippen LogP contribution >= 0.6 is 0 Å². The molecule has 0 radical (unpaired) electrons. The summed E-state index contributed by atoms with van der Waals surface area (Å²) in [4.78, 5) is 4.98. The van der Waals surface area contributed by atoms with Crippen LogP contribution in [0.15, 0.2) is 182 Å². The van der Waals surface area contributed by atoms with Crippen LogP contribution in [0.25, 0.3) is 111 Å². The monoisotopic (exact) mass is 1010 g/mol. The van der Waals surface area contributed by atoms with Gasteiger partial charge in [0.05, 0.1) is 138 Å². The number of hydrogen-bond acceptors (Lipinski definition) is 10. The van der Waals surface area contributed by atoms with E-state index in [4.69, 9.17) is 4.98 Å². The molecule has 80 heavy (non-hydrogen) atoms. The second kappa shape index (κ2) is 19.4. The molecular weight excluding hydrogens is 985 g/mol. The van der Waals surface area contributed by atoms with Gasteiger partial charge in [-0.25, -0.2) is 0 Å². The number of nitriles is 9. The summed E-state index contributed by atoms with van der Waals surface area (Å²) >= 11 is 0. The van der Waals surface area contributed by atoms with Crippen LogP contribution in [-0.2, 0) is 0 Å². The molecule has 0 amide bonds. The van der Waals surface area contributed by atoms with Crippen LogP contribution in [0, 0.1) is 102 Å². The minimum atomic E-state index is 0.344. The van der Waals surface area contributed by atoms with Gasteiger partial charge in [0, 0.05) is 39.0 Å². The molecule has 0 saturated heterocycles. The predicted octanol–water partition coefficient (Wildman–Crippen LogP) is 14.5. The van der Waals surface area contributed by atoms with E-state index in [1.807, 2.05) is 97.1 Å². The number of rotatable bonds is 7. The average molecular weight is 1020 g/mol. The van der Waals surface area contributed by atoms with E-state index in [0.717, 1.165) is 71.6 Å². The van der Waals surface area contributed by atoms with E-state index in [0.29, 0.717) is 89.3 Å². The van der Waals surface area contributed by atoms with E-state index in [2.05, 4.69) is 63.8 Å².